The highest BCUT2D eigenvalue weighted by molar-refractivity contribution is 5.90. The van der Waals surface area contributed by atoms with E-state index in [4.69, 9.17) is 9.47 Å². The molecule has 0 amide bonds. The molecule has 0 spiro atoms. The predicted octanol–water partition coefficient (Wildman–Crippen LogP) is 2.69. The maximum Gasteiger partial charge on any atom is 0.167 e. The van der Waals surface area contributed by atoms with E-state index in [1.54, 1.807) is 6.07 Å². The standard InChI is InChI=1S/C18H25FN4O2/c1-12-9-23(10-13(2)25-12)6-4-5-20-18-14-7-17(24-3)15(19)8-16(14)21-11-22-18/h7-8,11-13H,4-6,9-10H2,1-3H3,(H,20,21,22)/t12-,13-/m0/s1. The Labute approximate surface area is 147 Å². The zero-order chi connectivity index (χ0) is 17.8. The fourth-order valence-electron chi connectivity index (χ4n) is 3.33. The molecule has 0 radical (unpaired) electrons. The van der Waals surface area contributed by atoms with Gasteiger partial charge in [-0.05, 0) is 26.3 Å². The first-order chi connectivity index (χ1) is 12.1. The largest absolute Gasteiger partial charge is 0.494 e. The molecule has 1 aliphatic rings. The van der Waals surface area contributed by atoms with Crippen LogP contribution in [0, 0.1) is 5.82 Å². The Kier molecular flexibility index (Phi) is 5.65. The van der Waals surface area contributed by atoms with Crippen LogP contribution in [0.25, 0.3) is 10.9 Å². The average molecular weight is 348 g/mol. The normalized spacial score (nSPS) is 21.4. The van der Waals surface area contributed by atoms with Crippen LogP contribution in [-0.4, -0.2) is 60.4 Å². The molecule has 1 N–H and O–H groups in total. The third-order valence-corrected chi connectivity index (χ3v) is 4.35. The molecule has 6 nitrogen and oxygen atoms in total. The van der Waals surface area contributed by atoms with Gasteiger partial charge >= 0.3 is 0 Å². The number of benzene rings is 1. The molecule has 7 heteroatoms. The highest BCUT2D eigenvalue weighted by Crippen LogP contribution is 2.27. The van der Waals surface area contributed by atoms with Crippen molar-refractivity contribution in [2.24, 2.45) is 0 Å². The molecule has 0 saturated carbocycles. The van der Waals surface area contributed by atoms with Crippen LogP contribution in [0.1, 0.15) is 20.3 Å². The summed E-state index contributed by atoms with van der Waals surface area (Å²) in [4.78, 5) is 10.8. The number of hydrogen-bond acceptors (Lipinski definition) is 6. The van der Waals surface area contributed by atoms with Gasteiger partial charge in [-0.2, -0.15) is 0 Å². The number of hydrogen-bond donors (Lipinski definition) is 1. The fraction of sp³-hybridized carbons (Fsp3) is 0.556. The number of nitrogens with zero attached hydrogens (tertiary/aromatic N) is 3. The quantitative estimate of drug-likeness (QED) is 0.810. The molecule has 136 valence electrons. The minimum Gasteiger partial charge on any atom is -0.494 e. The second-order valence-corrected chi connectivity index (χ2v) is 6.52. The summed E-state index contributed by atoms with van der Waals surface area (Å²) in [7, 11) is 1.45. The SMILES string of the molecule is COc1cc2c(NCCCN3C[C@H](C)O[C@@H](C)C3)ncnc2cc1F. The van der Waals surface area contributed by atoms with Gasteiger partial charge in [0.2, 0.25) is 0 Å². The minimum absolute atomic E-state index is 0.196. The Morgan fingerprint density at radius 1 is 1.28 bits per heavy atom. The van der Waals surface area contributed by atoms with E-state index in [0.29, 0.717) is 11.3 Å². The summed E-state index contributed by atoms with van der Waals surface area (Å²) in [5.41, 5.74) is 0.562. The van der Waals surface area contributed by atoms with Gasteiger partial charge in [-0.3, -0.25) is 4.90 Å². The van der Waals surface area contributed by atoms with Crippen molar-refractivity contribution < 1.29 is 13.9 Å². The third kappa shape index (κ3) is 4.35. The Hall–Kier alpha value is -1.99. The number of halogens is 1. The number of morpholine rings is 1. The monoisotopic (exact) mass is 348 g/mol. The van der Waals surface area contributed by atoms with Crippen LogP contribution in [0.3, 0.4) is 0 Å². The first kappa shape index (κ1) is 17.8. The second-order valence-electron chi connectivity index (χ2n) is 6.52. The van der Waals surface area contributed by atoms with Crippen molar-refractivity contribution in [1.29, 1.82) is 0 Å². The Morgan fingerprint density at radius 2 is 2.04 bits per heavy atom. The summed E-state index contributed by atoms with van der Waals surface area (Å²) in [6.07, 6.45) is 3.00. The topological polar surface area (TPSA) is 59.5 Å². The van der Waals surface area contributed by atoms with Gasteiger partial charge in [0.05, 0.1) is 24.8 Å². The van der Waals surface area contributed by atoms with E-state index < -0.39 is 5.82 Å². The number of rotatable bonds is 6. The van der Waals surface area contributed by atoms with E-state index in [0.717, 1.165) is 38.0 Å². The molecule has 25 heavy (non-hydrogen) atoms. The summed E-state index contributed by atoms with van der Waals surface area (Å²) in [6.45, 7) is 7.95. The lowest BCUT2D eigenvalue weighted by Crippen LogP contribution is -2.45. The van der Waals surface area contributed by atoms with Crippen LogP contribution < -0.4 is 10.1 Å². The molecule has 0 bridgehead atoms. The average Bonchev–Trinajstić information content (AvgIpc) is 2.57. The minimum atomic E-state index is -0.421. The summed E-state index contributed by atoms with van der Waals surface area (Å²) >= 11 is 0. The first-order valence-electron chi connectivity index (χ1n) is 8.66. The van der Waals surface area contributed by atoms with Gasteiger partial charge in [0.1, 0.15) is 12.1 Å². The molecule has 2 aromatic rings. The van der Waals surface area contributed by atoms with Crippen LogP contribution in [-0.2, 0) is 4.74 Å². The second kappa shape index (κ2) is 7.93. The van der Waals surface area contributed by atoms with Crippen LogP contribution in [0.2, 0.25) is 0 Å². The van der Waals surface area contributed by atoms with Crippen molar-refractivity contribution in [3.05, 3.63) is 24.3 Å². The van der Waals surface area contributed by atoms with Crippen molar-refractivity contribution in [1.82, 2.24) is 14.9 Å². The maximum absolute atomic E-state index is 13.8. The summed E-state index contributed by atoms with van der Waals surface area (Å²) in [6, 6.07) is 3.01. The van der Waals surface area contributed by atoms with Crippen molar-refractivity contribution >= 4 is 16.7 Å². The molecule has 1 aromatic carbocycles. The number of anilines is 1. The van der Waals surface area contributed by atoms with Crippen molar-refractivity contribution in [2.75, 3.05) is 38.6 Å². The molecule has 0 aliphatic carbocycles. The molecule has 1 aromatic heterocycles. The van der Waals surface area contributed by atoms with Gasteiger partial charge in [0, 0.05) is 37.6 Å². The predicted molar refractivity (Wildman–Crippen MR) is 95.6 cm³/mol. The molecule has 1 aliphatic heterocycles. The van der Waals surface area contributed by atoms with Crippen LogP contribution >= 0.6 is 0 Å². The number of ether oxygens (including phenoxy) is 2. The summed E-state index contributed by atoms with van der Waals surface area (Å²) in [5.74, 6) is 0.476. The molecule has 0 unspecified atom stereocenters. The lowest BCUT2D eigenvalue weighted by Gasteiger charge is -2.35. The molecule has 2 heterocycles. The number of methoxy groups -OCH3 is 1. The van der Waals surface area contributed by atoms with Crippen molar-refractivity contribution in [2.45, 2.75) is 32.5 Å². The Balaban J connectivity index is 1.60. The zero-order valence-electron chi connectivity index (χ0n) is 15.0. The van der Waals surface area contributed by atoms with Gasteiger partial charge in [-0.15, -0.1) is 0 Å². The van der Waals surface area contributed by atoms with E-state index in [1.807, 2.05) is 0 Å². The molecular formula is C18H25FN4O2. The highest BCUT2D eigenvalue weighted by atomic mass is 19.1. The van der Waals surface area contributed by atoms with Gasteiger partial charge in [-0.25, -0.2) is 14.4 Å². The van der Waals surface area contributed by atoms with Gasteiger partial charge in [0.15, 0.2) is 11.6 Å². The van der Waals surface area contributed by atoms with E-state index in [2.05, 4.69) is 34.0 Å². The van der Waals surface area contributed by atoms with Crippen LogP contribution in [0.5, 0.6) is 5.75 Å². The van der Waals surface area contributed by atoms with Gasteiger partial charge in [-0.1, -0.05) is 0 Å². The van der Waals surface area contributed by atoms with Gasteiger partial charge in [0.25, 0.3) is 0 Å². The smallest absolute Gasteiger partial charge is 0.167 e. The lowest BCUT2D eigenvalue weighted by atomic mass is 10.2. The number of aromatic nitrogens is 2. The highest BCUT2D eigenvalue weighted by Gasteiger charge is 2.21. The van der Waals surface area contributed by atoms with Crippen molar-refractivity contribution in [3.8, 4) is 5.75 Å². The summed E-state index contributed by atoms with van der Waals surface area (Å²) in [5, 5.41) is 4.09. The zero-order valence-corrected chi connectivity index (χ0v) is 15.0. The van der Waals surface area contributed by atoms with E-state index in [-0.39, 0.29) is 18.0 Å². The van der Waals surface area contributed by atoms with E-state index in [9.17, 15) is 4.39 Å². The first-order valence-corrected chi connectivity index (χ1v) is 8.66. The summed E-state index contributed by atoms with van der Waals surface area (Å²) < 4.78 is 24.6. The van der Waals surface area contributed by atoms with E-state index in [1.165, 1.54) is 19.5 Å². The number of nitrogens with one attached hydrogen (secondary N) is 1. The van der Waals surface area contributed by atoms with Crippen LogP contribution in [0.4, 0.5) is 10.2 Å². The number of fused-ring (bicyclic) bond motifs is 1. The Bertz CT molecular complexity index is 718. The maximum atomic E-state index is 13.8. The molecule has 1 fully saturated rings. The Morgan fingerprint density at radius 3 is 2.76 bits per heavy atom. The van der Waals surface area contributed by atoms with E-state index >= 15 is 0 Å². The molecule has 2 atom stereocenters. The van der Waals surface area contributed by atoms with Crippen LogP contribution in [0.15, 0.2) is 18.5 Å². The fourth-order valence-corrected chi connectivity index (χ4v) is 3.33. The van der Waals surface area contributed by atoms with Gasteiger partial charge < -0.3 is 14.8 Å². The third-order valence-electron chi connectivity index (χ3n) is 4.35. The molecule has 1 saturated heterocycles. The lowest BCUT2D eigenvalue weighted by molar-refractivity contribution is -0.0678. The molecular weight excluding hydrogens is 323 g/mol. The van der Waals surface area contributed by atoms with Crippen molar-refractivity contribution in [3.63, 3.8) is 0 Å². The molecule has 3 rings (SSSR count).